The summed E-state index contributed by atoms with van der Waals surface area (Å²) in [5, 5.41) is 9.94. The number of phenolic OH excluding ortho intramolecular Hbond substituents is 1. The van der Waals surface area contributed by atoms with Gasteiger partial charge in [-0.1, -0.05) is 60.7 Å². The molecule has 1 heterocycles. The first-order valence-electron chi connectivity index (χ1n) is 14.9. The van der Waals surface area contributed by atoms with Crippen LogP contribution in [0, 0.1) is 5.92 Å². The molecule has 1 N–H and O–H groups in total. The van der Waals surface area contributed by atoms with E-state index in [1.165, 1.54) is 33.5 Å². The highest BCUT2D eigenvalue weighted by Crippen LogP contribution is 2.42. The number of methoxy groups -OCH3 is 2. The summed E-state index contributed by atoms with van der Waals surface area (Å²) < 4.78 is 17.2. The van der Waals surface area contributed by atoms with Crippen molar-refractivity contribution in [1.82, 2.24) is 0 Å². The molecule has 6 rings (SSSR count). The number of fused-ring (bicyclic) bond motifs is 1. The normalized spacial score (nSPS) is 15.6. The first kappa shape index (κ1) is 28.1. The number of aryl methyl sites for hydroxylation is 1. The molecular formula is C37H39NO4. The summed E-state index contributed by atoms with van der Waals surface area (Å²) in [5.74, 6) is 1.61. The number of aromatic hydroxyl groups is 1. The first-order valence-corrected chi connectivity index (χ1v) is 14.9. The smallest absolute Gasteiger partial charge is 0.159 e. The second-order valence-electron chi connectivity index (χ2n) is 11.2. The van der Waals surface area contributed by atoms with Crippen molar-refractivity contribution in [1.29, 1.82) is 0 Å². The number of hydrogen-bond donors (Lipinski definition) is 1. The fourth-order valence-corrected chi connectivity index (χ4v) is 6.43. The van der Waals surface area contributed by atoms with Gasteiger partial charge in [-0.3, -0.25) is 0 Å². The summed E-state index contributed by atoms with van der Waals surface area (Å²) in [6, 6.07) is 33.4. The molecule has 1 saturated heterocycles. The van der Waals surface area contributed by atoms with Crippen molar-refractivity contribution in [2.24, 2.45) is 5.92 Å². The zero-order chi connectivity index (χ0) is 28.9. The van der Waals surface area contributed by atoms with Gasteiger partial charge in [-0.05, 0) is 101 Å². The number of nitrogens with zero attached hydrogens (tertiary/aromatic N) is 1. The summed E-state index contributed by atoms with van der Waals surface area (Å²) in [5.41, 5.74) is 9.86. The largest absolute Gasteiger partial charge is 0.508 e. The maximum atomic E-state index is 9.94. The molecule has 0 radical (unpaired) electrons. The van der Waals surface area contributed by atoms with Gasteiger partial charge in [0, 0.05) is 38.9 Å². The van der Waals surface area contributed by atoms with Gasteiger partial charge in [0.25, 0.3) is 0 Å². The van der Waals surface area contributed by atoms with Gasteiger partial charge in [0.1, 0.15) is 18.1 Å². The van der Waals surface area contributed by atoms with Crippen LogP contribution in [-0.4, -0.2) is 38.7 Å². The van der Waals surface area contributed by atoms with E-state index in [-0.39, 0.29) is 12.0 Å². The third kappa shape index (κ3) is 6.08. The Balaban J connectivity index is 1.28. The Morgan fingerprint density at radius 2 is 1.48 bits per heavy atom. The molecule has 0 unspecified atom stereocenters. The second-order valence-corrected chi connectivity index (χ2v) is 11.2. The van der Waals surface area contributed by atoms with E-state index in [9.17, 15) is 5.11 Å². The minimum atomic E-state index is -0.129. The maximum absolute atomic E-state index is 9.94. The van der Waals surface area contributed by atoms with E-state index >= 15 is 0 Å². The van der Waals surface area contributed by atoms with Crippen LogP contribution < -0.4 is 9.64 Å². The molecule has 1 aliphatic carbocycles. The lowest BCUT2D eigenvalue weighted by molar-refractivity contribution is -0.141. The fourth-order valence-electron chi connectivity index (χ4n) is 6.43. The van der Waals surface area contributed by atoms with Gasteiger partial charge >= 0.3 is 0 Å². The van der Waals surface area contributed by atoms with E-state index in [0.29, 0.717) is 12.5 Å². The minimum Gasteiger partial charge on any atom is -0.508 e. The molecule has 4 aromatic rings. The molecule has 4 aromatic carbocycles. The van der Waals surface area contributed by atoms with Gasteiger partial charge in [0.05, 0.1) is 0 Å². The number of benzene rings is 4. The SMILES string of the molecule is COC(OC)C1CCN(c2ccc(C3=C(c4ccc(O)cc4)CCc4cc(OCc5ccccc5)ccc43)cc2)CC1. The molecule has 0 bridgehead atoms. The Labute approximate surface area is 249 Å². The Morgan fingerprint density at radius 3 is 2.17 bits per heavy atom. The highest BCUT2D eigenvalue weighted by Gasteiger charge is 2.27. The Hall–Kier alpha value is -4.06. The number of ether oxygens (including phenoxy) is 3. The van der Waals surface area contributed by atoms with Crippen molar-refractivity contribution >= 4 is 16.8 Å². The zero-order valence-electron chi connectivity index (χ0n) is 24.5. The predicted octanol–water partition coefficient (Wildman–Crippen LogP) is 7.71. The minimum absolute atomic E-state index is 0.129. The van der Waals surface area contributed by atoms with Crippen molar-refractivity contribution < 1.29 is 19.3 Å². The van der Waals surface area contributed by atoms with Crippen molar-refractivity contribution in [3.8, 4) is 11.5 Å². The van der Waals surface area contributed by atoms with Crippen molar-refractivity contribution in [3.05, 3.63) is 125 Å². The van der Waals surface area contributed by atoms with Gasteiger partial charge in [-0.15, -0.1) is 0 Å². The van der Waals surface area contributed by atoms with E-state index in [1.54, 1.807) is 26.4 Å². The summed E-state index contributed by atoms with van der Waals surface area (Å²) in [6.45, 7) is 2.53. The summed E-state index contributed by atoms with van der Waals surface area (Å²) in [6.07, 6.45) is 3.83. The second kappa shape index (κ2) is 12.8. The molecule has 0 aromatic heterocycles. The third-order valence-corrected chi connectivity index (χ3v) is 8.67. The Kier molecular flexibility index (Phi) is 8.59. The summed E-state index contributed by atoms with van der Waals surface area (Å²) in [7, 11) is 3.45. The van der Waals surface area contributed by atoms with Crippen molar-refractivity contribution in [2.75, 3.05) is 32.2 Å². The number of rotatable bonds is 9. The van der Waals surface area contributed by atoms with Crippen molar-refractivity contribution in [2.45, 2.75) is 38.6 Å². The molecule has 1 fully saturated rings. The van der Waals surface area contributed by atoms with Crippen LogP contribution in [0.4, 0.5) is 5.69 Å². The summed E-state index contributed by atoms with van der Waals surface area (Å²) in [4.78, 5) is 2.46. The van der Waals surface area contributed by atoms with Crippen molar-refractivity contribution in [3.63, 3.8) is 0 Å². The standard InChI is InChI=1S/C37H39NO4/c1-40-37(41-2)29-20-22-38(23-21-29)31-13-8-28(9-14-31)36-34(27-10-15-32(39)16-11-27)18-12-30-24-33(17-19-35(30)36)42-25-26-6-4-3-5-7-26/h3-11,13-17,19,24,29,37,39H,12,18,20-23,25H2,1-2H3. The van der Waals surface area contributed by atoms with E-state index in [0.717, 1.165) is 55.6 Å². The number of phenols is 1. The number of piperidine rings is 1. The number of hydrogen-bond acceptors (Lipinski definition) is 5. The van der Waals surface area contributed by atoms with Gasteiger partial charge in [-0.25, -0.2) is 0 Å². The third-order valence-electron chi connectivity index (χ3n) is 8.67. The van der Waals surface area contributed by atoms with Gasteiger partial charge in [0.2, 0.25) is 0 Å². The molecule has 0 saturated carbocycles. The maximum Gasteiger partial charge on any atom is 0.159 e. The molecule has 42 heavy (non-hydrogen) atoms. The number of anilines is 1. The Bertz CT molecular complexity index is 1500. The van der Waals surface area contributed by atoms with Crippen LogP contribution in [0.25, 0.3) is 11.1 Å². The fraction of sp³-hybridized carbons (Fsp3) is 0.297. The zero-order valence-corrected chi connectivity index (χ0v) is 24.5. The molecule has 2 aliphatic rings. The molecule has 5 heteroatoms. The van der Waals surface area contributed by atoms with Crippen LogP contribution in [0.15, 0.2) is 97.1 Å². The lowest BCUT2D eigenvalue weighted by Crippen LogP contribution is -2.39. The van der Waals surface area contributed by atoms with E-state index < -0.39 is 0 Å². The lowest BCUT2D eigenvalue weighted by atomic mass is 9.79. The molecule has 5 nitrogen and oxygen atoms in total. The van der Waals surface area contributed by atoms with Crippen LogP contribution in [-0.2, 0) is 22.5 Å². The number of allylic oxidation sites excluding steroid dienone is 1. The average molecular weight is 562 g/mol. The first-order chi connectivity index (χ1) is 20.6. The highest BCUT2D eigenvalue weighted by atomic mass is 16.7. The van der Waals surface area contributed by atoms with Gasteiger partial charge in [0.15, 0.2) is 6.29 Å². The molecule has 0 atom stereocenters. The van der Waals surface area contributed by atoms with Crippen LogP contribution in [0.3, 0.4) is 0 Å². The van der Waals surface area contributed by atoms with E-state index in [4.69, 9.17) is 14.2 Å². The molecular weight excluding hydrogens is 522 g/mol. The van der Waals surface area contributed by atoms with Gasteiger partial charge < -0.3 is 24.2 Å². The summed E-state index contributed by atoms with van der Waals surface area (Å²) >= 11 is 0. The Morgan fingerprint density at radius 1 is 0.786 bits per heavy atom. The van der Waals surface area contributed by atoms with Crippen LogP contribution in [0.2, 0.25) is 0 Å². The van der Waals surface area contributed by atoms with Crippen LogP contribution in [0.1, 0.15) is 47.1 Å². The molecule has 1 aliphatic heterocycles. The predicted molar refractivity (Wildman–Crippen MR) is 169 cm³/mol. The monoisotopic (exact) mass is 561 g/mol. The van der Waals surface area contributed by atoms with E-state index in [1.807, 2.05) is 30.3 Å². The topological polar surface area (TPSA) is 51.2 Å². The van der Waals surface area contributed by atoms with E-state index in [2.05, 4.69) is 59.5 Å². The lowest BCUT2D eigenvalue weighted by Gasteiger charge is -2.36. The molecule has 0 amide bonds. The quantitative estimate of drug-likeness (QED) is 0.212. The molecule has 216 valence electrons. The van der Waals surface area contributed by atoms with Crippen LogP contribution >= 0.6 is 0 Å². The molecule has 0 spiro atoms. The highest BCUT2D eigenvalue weighted by molar-refractivity contribution is 6.01. The average Bonchev–Trinajstić information content (AvgIpc) is 3.05. The van der Waals surface area contributed by atoms with Gasteiger partial charge in [-0.2, -0.15) is 0 Å². The van der Waals surface area contributed by atoms with Crippen LogP contribution in [0.5, 0.6) is 11.5 Å².